The quantitative estimate of drug-likeness (QED) is 0.454. The van der Waals surface area contributed by atoms with Gasteiger partial charge in [-0.25, -0.2) is 4.98 Å². The van der Waals surface area contributed by atoms with Crippen LogP contribution in [0.3, 0.4) is 0 Å². The highest BCUT2D eigenvalue weighted by Crippen LogP contribution is 2.20. The average molecular weight is 324 g/mol. The fraction of sp³-hybridized carbons (Fsp3) is 0.778. The predicted molar refractivity (Wildman–Crippen MR) is 93.1 cm³/mol. The van der Waals surface area contributed by atoms with Gasteiger partial charge in [0.1, 0.15) is 11.0 Å². The second-order valence-corrected chi connectivity index (χ2v) is 6.40. The van der Waals surface area contributed by atoms with Crippen molar-refractivity contribution >= 4 is 11.6 Å². The van der Waals surface area contributed by atoms with Gasteiger partial charge in [0.2, 0.25) is 0 Å². The summed E-state index contributed by atoms with van der Waals surface area (Å²) < 4.78 is 2.00. The van der Waals surface area contributed by atoms with Crippen molar-refractivity contribution in [1.29, 1.82) is 5.26 Å². The molecule has 0 aliphatic heterocycles. The molecule has 1 aromatic rings. The monoisotopic (exact) mass is 323 g/mol. The summed E-state index contributed by atoms with van der Waals surface area (Å²) in [7, 11) is 0. The van der Waals surface area contributed by atoms with Crippen molar-refractivity contribution in [3.8, 4) is 6.07 Å². The lowest BCUT2D eigenvalue weighted by Gasteiger charge is -2.07. The molecule has 1 aromatic heterocycles. The van der Waals surface area contributed by atoms with Crippen LogP contribution in [0.15, 0.2) is 0 Å². The molecule has 4 heteroatoms. The van der Waals surface area contributed by atoms with Gasteiger partial charge in [-0.2, -0.15) is 5.26 Å². The molecule has 0 amide bonds. The highest BCUT2D eigenvalue weighted by atomic mass is 35.5. The van der Waals surface area contributed by atoms with E-state index in [0.29, 0.717) is 18.1 Å². The normalized spacial score (nSPS) is 10.8. The molecule has 0 aliphatic rings. The fourth-order valence-electron chi connectivity index (χ4n) is 2.78. The van der Waals surface area contributed by atoms with Gasteiger partial charge in [-0.3, -0.25) is 0 Å². The number of hydrogen-bond acceptors (Lipinski definition) is 2. The molecular weight excluding hydrogens is 294 g/mol. The number of rotatable bonds is 12. The molecule has 0 aromatic carbocycles. The summed E-state index contributed by atoms with van der Waals surface area (Å²) >= 11 is 6.26. The van der Waals surface area contributed by atoms with E-state index in [4.69, 9.17) is 16.9 Å². The topological polar surface area (TPSA) is 41.6 Å². The number of aryl methyl sites for hydroxylation is 2. The number of hydrogen-bond donors (Lipinski definition) is 0. The van der Waals surface area contributed by atoms with E-state index in [-0.39, 0.29) is 0 Å². The molecule has 1 heterocycles. The molecule has 0 N–H and O–H groups in total. The van der Waals surface area contributed by atoms with Crippen LogP contribution < -0.4 is 0 Å². The first-order valence-corrected chi connectivity index (χ1v) is 9.17. The number of nitrogens with zero attached hydrogens (tertiary/aromatic N) is 3. The van der Waals surface area contributed by atoms with Gasteiger partial charge in [0, 0.05) is 13.0 Å². The van der Waals surface area contributed by atoms with Crippen molar-refractivity contribution in [1.82, 2.24) is 9.55 Å². The van der Waals surface area contributed by atoms with Crippen LogP contribution in [-0.4, -0.2) is 9.55 Å². The zero-order valence-corrected chi connectivity index (χ0v) is 15.0. The predicted octanol–water partition coefficient (Wildman–Crippen LogP) is 5.83. The van der Waals surface area contributed by atoms with Gasteiger partial charge in [0.05, 0.1) is 18.2 Å². The summed E-state index contributed by atoms with van der Waals surface area (Å²) in [6, 6.07) is 2.18. The standard InChI is InChI=1S/C18H30ClN3/c1-3-4-5-6-7-8-9-10-11-13-17-21-16(2)18(19)22(17)15-12-14-20/h3-13,15H2,1-2H3. The largest absolute Gasteiger partial charge is 0.318 e. The first-order valence-electron chi connectivity index (χ1n) is 8.79. The zero-order valence-electron chi connectivity index (χ0n) is 14.2. The summed E-state index contributed by atoms with van der Waals surface area (Å²) in [6.45, 7) is 4.85. The fourth-order valence-corrected chi connectivity index (χ4v) is 3.01. The average Bonchev–Trinajstić information content (AvgIpc) is 2.78. The number of unbranched alkanes of at least 4 members (excludes halogenated alkanes) is 8. The van der Waals surface area contributed by atoms with Crippen LogP contribution in [0.2, 0.25) is 5.15 Å². The van der Waals surface area contributed by atoms with Gasteiger partial charge in [-0.1, -0.05) is 69.9 Å². The number of nitriles is 1. The molecule has 0 bridgehead atoms. The molecular formula is C18H30ClN3. The second-order valence-electron chi connectivity index (χ2n) is 6.04. The van der Waals surface area contributed by atoms with Gasteiger partial charge in [-0.15, -0.1) is 0 Å². The molecule has 0 spiro atoms. The van der Waals surface area contributed by atoms with E-state index >= 15 is 0 Å². The smallest absolute Gasteiger partial charge is 0.131 e. The third-order valence-electron chi connectivity index (χ3n) is 4.10. The lowest BCUT2D eigenvalue weighted by Crippen LogP contribution is -2.04. The Hall–Kier alpha value is -1.01. The van der Waals surface area contributed by atoms with Crippen LogP contribution in [0, 0.1) is 18.3 Å². The third kappa shape index (κ3) is 6.83. The van der Waals surface area contributed by atoms with E-state index in [1.807, 2.05) is 11.5 Å². The summed E-state index contributed by atoms with van der Waals surface area (Å²) in [6.07, 6.45) is 13.4. The maximum Gasteiger partial charge on any atom is 0.131 e. The lowest BCUT2D eigenvalue weighted by molar-refractivity contribution is 0.555. The van der Waals surface area contributed by atoms with Gasteiger partial charge in [-0.05, 0) is 13.3 Å². The van der Waals surface area contributed by atoms with Crippen LogP contribution in [0.5, 0.6) is 0 Å². The Morgan fingerprint density at radius 3 is 2.23 bits per heavy atom. The Balaban J connectivity index is 2.22. The van der Waals surface area contributed by atoms with E-state index in [1.165, 1.54) is 51.4 Å². The van der Waals surface area contributed by atoms with Crippen molar-refractivity contribution in [2.75, 3.05) is 0 Å². The Labute approximate surface area is 140 Å². The van der Waals surface area contributed by atoms with Crippen molar-refractivity contribution < 1.29 is 0 Å². The zero-order chi connectivity index (χ0) is 16.2. The SMILES string of the molecule is CCCCCCCCCCCc1nc(C)c(Cl)n1CCC#N. The second kappa shape index (κ2) is 11.5. The minimum atomic E-state index is 0.486. The van der Waals surface area contributed by atoms with Crippen LogP contribution in [0.4, 0.5) is 0 Å². The number of aromatic nitrogens is 2. The maximum absolute atomic E-state index is 8.74. The van der Waals surface area contributed by atoms with E-state index in [2.05, 4.69) is 18.0 Å². The first-order chi connectivity index (χ1) is 10.7. The molecule has 1 rings (SSSR count). The van der Waals surface area contributed by atoms with Crippen LogP contribution >= 0.6 is 11.6 Å². The maximum atomic E-state index is 8.74. The van der Waals surface area contributed by atoms with Crippen LogP contribution in [0.25, 0.3) is 0 Å². The molecule has 3 nitrogen and oxygen atoms in total. The van der Waals surface area contributed by atoms with Gasteiger partial charge in [0.15, 0.2) is 0 Å². The Morgan fingerprint density at radius 2 is 1.64 bits per heavy atom. The molecule has 0 radical (unpaired) electrons. The lowest BCUT2D eigenvalue weighted by atomic mass is 10.1. The molecule has 0 aliphatic carbocycles. The highest BCUT2D eigenvalue weighted by molar-refractivity contribution is 6.30. The van der Waals surface area contributed by atoms with Gasteiger partial charge < -0.3 is 4.57 Å². The Kier molecular flexibility index (Phi) is 9.99. The molecule has 0 saturated carbocycles. The van der Waals surface area contributed by atoms with Crippen molar-refractivity contribution in [3.05, 3.63) is 16.7 Å². The summed E-state index contributed by atoms with van der Waals surface area (Å²) in [5.74, 6) is 1.04. The summed E-state index contributed by atoms with van der Waals surface area (Å²) in [4.78, 5) is 4.55. The minimum absolute atomic E-state index is 0.486. The first kappa shape index (κ1) is 19.0. The van der Waals surface area contributed by atoms with Crippen molar-refractivity contribution in [3.63, 3.8) is 0 Å². The van der Waals surface area contributed by atoms with Gasteiger partial charge >= 0.3 is 0 Å². The van der Waals surface area contributed by atoms with E-state index in [1.54, 1.807) is 0 Å². The van der Waals surface area contributed by atoms with E-state index < -0.39 is 0 Å². The molecule has 0 unspecified atom stereocenters. The molecule has 22 heavy (non-hydrogen) atoms. The Bertz CT molecular complexity index is 460. The summed E-state index contributed by atoms with van der Waals surface area (Å²) in [5, 5.41) is 9.44. The molecule has 0 atom stereocenters. The van der Waals surface area contributed by atoms with Crippen LogP contribution in [0.1, 0.15) is 82.7 Å². The van der Waals surface area contributed by atoms with Crippen molar-refractivity contribution in [2.45, 2.75) is 91.0 Å². The highest BCUT2D eigenvalue weighted by Gasteiger charge is 2.11. The van der Waals surface area contributed by atoms with Crippen LogP contribution in [-0.2, 0) is 13.0 Å². The van der Waals surface area contributed by atoms with Crippen molar-refractivity contribution in [2.24, 2.45) is 0 Å². The summed E-state index contributed by atoms with van der Waals surface area (Å²) in [5.41, 5.74) is 0.880. The van der Waals surface area contributed by atoms with E-state index in [9.17, 15) is 0 Å². The Morgan fingerprint density at radius 1 is 1.05 bits per heavy atom. The van der Waals surface area contributed by atoms with E-state index in [0.717, 1.165) is 24.4 Å². The third-order valence-corrected chi connectivity index (χ3v) is 4.57. The molecule has 124 valence electrons. The minimum Gasteiger partial charge on any atom is -0.318 e. The number of imidazole rings is 1. The number of halogens is 1. The molecule has 0 fully saturated rings. The van der Waals surface area contributed by atoms with Gasteiger partial charge in [0.25, 0.3) is 0 Å². The molecule has 0 saturated heterocycles.